The van der Waals surface area contributed by atoms with E-state index in [1.54, 1.807) is 11.9 Å². The summed E-state index contributed by atoms with van der Waals surface area (Å²) in [5.41, 5.74) is 7.95. The second kappa shape index (κ2) is 3.68. The van der Waals surface area contributed by atoms with Crippen LogP contribution in [0.3, 0.4) is 0 Å². The zero-order chi connectivity index (χ0) is 12.8. The lowest BCUT2D eigenvalue weighted by Crippen LogP contribution is -2.47. The first kappa shape index (κ1) is 11.0. The molecule has 1 unspecified atom stereocenters. The maximum absolute atomic E-state index is 12.5. The van der Waals surface area contributed by atoms with E-state index in [0.717, 1.165) is 16.8 Å². The number of para-hydroxylation sites is 1. The highest BCUT2D eigenvalue weighted by Gasteiger charge is 2.47. The highest BCUT2D eigenvalue weighted by Crippen LogP contribution is 2.41. The lowest BCUT2D eigenvalue weighted by Gasteiger charge is -2.23. The molecule has 90 valence electrons. The van der Waals surface area contributed by atoms with E-state index in [1.165, 1.54) is 0 Å². The SMILES string of the molecule is CN1C(=O)C(N)(c2ccccc2)c2ccccc21. The van der Waals surface area contributed by atoms with Gasteiger partial charge in [0.2, 0.25) is 0 Å². The third kappa shape index (κ3) is 1.25. The maximum Gasteiger partial charge on any atom is 0.256 e. The van der Waals surface area contributed by atoms with Gasteiger partial charge < -0.3 is 10.6 Å². The molecule has 1 aliphatic rings. The first-order valence-electron chi connectivity index (χ1n) is 5.88. The van der Waals surface area contributed by atoms with Crippen LogP contribution in [0, 0.1) is 0 Å². The molecule has 0 fully saturated rings. The molecule has 0 bridgehead atoms. The van der Waals surface area contributed by atoms with E-state index in [4.69, 9.17) is 5.73 Å². The number of amides is 1. The number of rotatable bonds is 1. The molecule has 0 aliphatic carbocycles. The van der Waals surface area contributed by atoms with Gasteiger partial charge in [-0.25, -0.2) is 0 Å². The number of likely N-dealkylation sites (N-methyl/N-ethyl adjacent to an activating group) is 1. The van der Waals surface area contributed by atoms with Crippen LogP contribution < -0.4 is 10.6 Å². The van der Waals surface area contributed by atoms with E-state index in [0.29, 0.717) is 0 Å². The molecule has 1 heterocycles. The Hall–Kier alpha value is -2.13. The molecular weight excluding hydrogens is 224 g/mol. The summed E-state index contributed by atoms with van der Waals surface area (Å²) in [6.07, 6.45) is 0. The number of anilines is 1. The van der Waals surface area contributed by atoms with Crippen LogP contribution in [0.15, 0.2) is 54.6 Å². The molecule has 3 rings (SSSR count). The van der Waals surface area contributed by atoms with Crippen LogP contribution >= 0.6 is 0 Å². The zero-order valence-corrected chi connectivity index (χ0v) is 10.1. The molecule has 18 heavy (non-hydrogen) atoms. The van der Waals surface area contributed by atoms with Crippen LogP contribution in [-0.2, 0) is 10.3 Å². The molecule has 1 amide bonds. The second-order valence-electron chi connectivity index (χ2n) is 4.56. The lowest BCUT2D eigenvalue weighted by atomic mass is 9.85. The Bertz CT molecular complexity index is 609. The van der Waals surface area contributed by atoms with Crippen molar-refractivity contribution in [2.24, 2.45) is 5.73 Å². The van der Waals surface area contributed by atoms with Gasteiger partial charge in [-0.2, -0.15) is 0 Å². The van der Waals surface area contributed by atoms with Gasteiger partial charge in [0.05, 0.1) is 0 Å². The largest absolute Gasteiger partial charge is 0.313 e. The summed E-state index contributed by atoms with van der Waals surface area (Å²) in [4.78, 5) is 14.1. The number of carbonyl (C=O) groups is 1. The number of nitrogens with two attached hydrogens (primary N) is 1. The fourth-order valence-corrected chi connectivity index (χ4v) is 2.57. The van der Waals surface area contributed by atoms with Crippen molar-refractivity contribution < 1.29 is 4.79 Å². The molecule has 3 nitrogen and oxygen atoms in total. The second-order valence-corrected chi connectivity index (χ2v) is 4.56. The van der Waals surface area contributed by atoms with E-state index in [-0.39, 0.29) is 5.91 Å². The van der Waals surface area contributed by atoms with Crippen molar-refractivity contribution in [3.63, 3.8) is 0 Å². The molecule has 0 saturated heterocycles. The zero-order valence-electron chi connectivity index (χ0n) is 10.1. The summed E-state index contributed by atoms with van der Waals surface area (Å²) in [6.45, 7) is 0. The van der Waals surface area contributed by atoms with Gasteiger partial charge in [-0.3, -0.25) is 4.79 Å². The van der Waals surface area contributed by atoms with Crippen molar-refractivity contribution in [3.8, 4) is 0 Å². The normalized spacial score (nSPS) is 22.1. The van der Waals surface area contributed by atoms with Crippen LogP contribution in [0.2, 0.25) is 0 Å². The third-order valence-electron chi connectivity index (χ3n) is 3.56. The maximum atomic E-state index is 12.5. The highest BCUT2D eigenvalue weighted by atomic mass is 16.2. The summed E-state index contributed by atoms with van der Waals surface area (Å²) in [5, 5.41) is 0. The van der Waals surface area contributed by atoms with Crippen LogP contribution in [-0.4, -0.2) is 13.0 Å². The molecule has 2 aromatic carbocycles. The van der Waals surface area contributed by atoms with Crippen molar-refractivity contribution in [1.29, 1.82) is 0 Å². The van der Waals surface area contributed by atoms with Crippen LogP contribution in [0.25, 0.3) is 0 Å². The molecule has 3 heteroatoms. The van der Waals surface area contributed by atoms with Crippen molar-refractivity contribution in [3.05, 3.63) is 65.7 Å². The Morgan fingerprint density at radius 3 is 2.33 bits per heavy atom. The average molecular weight is 238 g/mol. The summed E-state index contributed by atoms with van der Waals surface area (Å²) >= 11 is 0. The summed E-state index contributed by atoms with van der Waals surface area (Å²) in [7, 11) is 1.76. The highest BCUT2D eigenvalue weighted by molar-refractivity contribution is 6.09. The third-order valence-corrected chi connectivity index (χ3v) is 3.56. The van der Waals surface area contributed by atoms with Gasteiger partial charge in [0.15, 0.2) is 0 Å². The van der Waals surface area contributed by atoms with Crippen LogP contribution in [0.1, 0.15) is 11.1 Å². The van der Waals surface area contributed by atoms with Crippen molar-refractivity contribution in [1.82, 2.24) is 0 Å². The molecule has 0 spiro atoms. The molecule has 2 aromatic rings. The predicted octanol–water partition coefficient (Wildman–Crippen LogP) is 1.87. The summed E-state index contributed by atoms with van der Waals surface area (Å²) in [5.74, 6) is -0.0881. The topological polar surface area (TPSA) is 46.3 Å². The van der Waals surface area contributed by atoms with Gasteiger partial charge in [0.25, 0.3) is 5.91 Å². The van der Waals surface area contributed by atoms with Gasteiger partial charge in [0.1, 0.15) is 5.54 Å². The van der Waals surface area contributed by atoms with Crippen molar-refractivity contribution in [2.75, 3.05) is 11.9 Å². The summed E-state index contributed by atoms with van der Waals surface area (Å²) in [6, 6.07) is 17.2. The van der Waals surface area contributed by atoms with E-state index in [1.807, 2.05) is 54.6 Å². The number of fused-ring (bicyclic) bond motifs is 1. The van der Waals surface area contributed by atoms with Crippen LogP contribution in [0.5, 0.6) is 0 Å². The Kier molecular flexibility index (Phi) is 2.25. The van der Waals surface area contributed by atoms with Gasteiger partial charge in [-0.15, -0.1) is 0 Å². The Labute approximate surface area is 106 Å². The van der Waals surface area contributed by atoms with Gasteiger partial charge >= 0.3 is 0 Å². The minimum absolute atomic E-state index is 0.0881. The Morgan fingerprint density at radius 1 is 1.00 bits per heavy atom. The fourth-order valence-electron chi connectivity index (χ4n) is 2.57. The Balaban J connectivity index is 2.27. The van der Waals surface area contributed by atoms with E-state index < -0.39 is 5.54 Å². The smallest absolute Gasteiger partial charge is 0.256 e. The van der Waals surface area contributed by atoms with Gasteiger partial charge in [0, 0.05) is 18.3 Å². The van der Waals surface area contributed by atoms with Crippen molar-refractivity contribution in [2.45, 2.75) is 5.54 Å². The fraction of sp³-hybridized carbons (Fsp3) is 0.133. The number of nitrogens with zero attached hydrogens (tertiary/aromatic N) is 1. The molecule has 1 aliphatic heterocycles. The number of benzene rings is 2. The quantitative estimate of drug-likeness (QED) is 0.824. The standard InChI is InChI=1S/C15H14N2O/c1-17-13-10-6-5-9-12(13)15(16,14(17)18)11-7-3-2-4-8-11/h2-10H,16H2,1H3. The Morgan fingerprint density at radius 2 is 1.61 bits per heavy atom. The predicted molar refractivity (Wildman–Crippen MR) is 71.3 cm³/mol. The van der Waals surface area contributed by atoms with E-state index in [2.05, 4.69) is 0 Å². The lowest BCUT2D eigenvalue weighted by molar-refractivity contribution is -0.121. The van der Waals surface area contributed by atoms with Gasteiger partial charge in [-0.1, -0.05) is 48.5 Å². The molecule has 1 atom stereocenters. The average Bonchev–Trinajstić information content (AvgIpc) is 2.64. The minimum atomic E-state index is -1.06. The van der Waals surface area contributed by atoms with E-state index >= 15 is 0 Å². The van der Waals surface area contributed by atoms with E-state index in [9.17, 15) is 4.79 Å². The first-order valence-corrected chi connectivity index (χ1v) is 5.88. The molecule has 2 N–H and O–H groups in total. The van der Waals surface area contributed by atoms with Crippen molar-refractivity contribution >= 4 is 11.6 Å². The minimum Gasteiger partial charge on any atom is -0.313 e. The molecule has 0 saturated carbocycles. The molecule has 0 radical (unpaired) electrons. The molecule has 0 aromatic heterocycles. The number of carbonyl (C=O) groups excluding carboxylic acids is 1. The molecular formula is C15H14N2O. The number of hydrogen-bond donors (Lipinski definition) is 1. The summed E-state index contributed by atoms with van der Waals surface area (Å²) < 4.78 is 0. The monoisotopic (exact) mass is 238 g/mol. The van der Waals surface area contributed by atoms with Gasteiger partial charge in [-0.05, 0) is 11.6 Å². The number of hydrogen-bond acceptors (Lipinski definition) is 2. The van der Waals surface area contributed by atoms with Crippen LogP contribution in [0.4, 0.5) is 5.69 Å². The first-order chi connectivity index (χ1) is 8.65.